The normalized spacial score (nSPS) is 10.5. The Morgan fingerprint density at radius 2 is 1.95 bits per heavy atom. The molecule has 0 aliphatic carbocycles. The van der Waals surface area contributed by atoms with Crippen LogP contribution in [-0.4, -0.2) is 25.5 Å². The molecule has 0 spiro atoms. The predicted molar refractivity (Wildman–Crippen MR) is 78.7 cm³/mol. The van der Waals surface area contributed by atoms with Gasteiger partial charge in [0.15, 0.2) is 5.78 Å². The van der Waals surface area contributed by atoms with Gasteiger partial charge in [-0.15, -0.1) is 5.10 Å². The van der Waals surface area contributed by atoms with Gasteiger partial charge in [-0.2, -0.15) is 5.10 Å². The van der Waals surface area contributed by atoms with Crippen molar-refractivity contribution in [2.75, 3.05) is 0 Å². The fourth-order valence-corrected chi connectivity index (χ4v) is 2.11. The molecule has 0 aromatic carbocycles. The average molecular weight is 278 g/mol. The summed E-state index contributed by atoms with van der Waals surface area (Å²) in [7, 11) is 1.85. The first-order chi connectivity index (χ1) is 10.2. The van der Waals surface area contributed by atoms with Gasteiger partial charge in [0.2, 0.25) is 0 Å². The fraction of sp³-hybridized carbons (Fsp3) is 0.125. The lowest BCUT2D eigenvalue weighted by molar-refractivity contribution is 0.0984. The van der Waals surface area contributed by atoms with Crippen molar-refractivity contribution in [2.45, 2.75) is 6.42 Å². The van der Waals surface area contributed by atoms with Crippen molar-refractivity contribution in [3.8, 4) is 11.4 Å². The SMILES string of the molecule is Cn1cccc1C(=O)Cc1ccc(-c2ccccn2)nn1. The van der Waals surface area contributed by atoms with Crippen molar-refractivity contribution in [1.82, 2.24) is 19.7 Å². The molecule has 3 aromatic heterocycles. The molecule has 0 N–H and O–H groups in total. The number of carbonyl (C=O) groups is 1. The molecular formula is C16H14N4O. The Morgan fingerprint density at radius 1 is 1.05 bits per heavy atom. The van der Waals surface area contributed by atoms with Crippen LogP contribution in [0.2, 0.25) is 0 Å². The van der Waals surface area contributed by atoms with E-state index < -0.39 is 0 Å². The summed E-state index contributed by atoms with van der Waals surface area (Å²) in [5, 5.41) is 8.25. The van der Waals surface area contributed by atoms with Gasteiger partial charge in [-0.1, -0.05) is 6.07 Å². The molecule has 0 radical (unpaired) electrons. The maximum absolute atomic E-state index is 12.1. The summed E-state index contributed by atoms with van der Waals surface area (Å²) in [5.74, 6) is 0.0300. The lowest BCUT2D eigenvalue weighted by Crippen LogP contribution is -2.10. The summed E-state index contributed by atoms with van der Waals surface area (Å²) in [4.78, 5) is 16.4. The Labute approximate surface area is 122 Å². The highest BCUT2D eigenvalue weighted by Crippen LogP contribution is 2.13. The van der Waals surface area contributed by atoms with Gasteiger partial charge in [-0.05, 0) is 36.4 Å². The van der Waals surface area contributed by atoms with Crippen LogP contribution >= 0.6 is 0 Å². The molecule has 0 saturated heterocycles. The Hall–Kier alpha value is -2.82. The zero-order valence-electron chi connectivity index (χ0n) is 11.6. The van der Waals surface area contributed by atoms with Crippen LogP contribution in [0.5, 0.6) is 0 Å². The lowest BCUT2D eigenvalue weighted by Gasteiger charge is -2.03. The molecule has 0 saturated carbocycles. The Balaban J connectivity index is 1.76. The molecule has 3 heterocycles. The molecule has 0 bridgehead atoms. The number of nitrogens with zero attached hydrogens (tertiary/aromatic N) is 4. The molecule has 3 aromatic rings. The van der Waals surface area contributed by atoms with E-state index in [0.717, 1.165) is 5.69 Å². The van der Waals surface area contributed by atoms with Gasteiger partial charge in [0, 0.05) is 19.4 Å². The van der Waals surface area contributed by atoms with Gasteiger partial charge in [0.05, 0.1) is 23.5 Å². The molecule has 0 amide bonds. The summed E-state index contributed by atoms with van der Waals surface area (Å²) in [6.07, 6.45) is 3.81. The lowest BCUT2D eigenvalue weighted by atomic mass is 10.1. The van der Waals surface area contributed by atoms with E-state index in [1.165, 1.54) is 0 Å². The van der Waals surface area contributed by atoms with Crippen LogP contribution in [0.15, 0.2) is 54.9 Å². The van der Waals surface area contributed by atoms with E-state index in [4.69, 9.17) is 0 Å². The third-order valence-corrected chi connectivity index (χ3v) is 3.22. The summed E-state index contributed by atoms with van der Waals surface area (Å²) in [5.41, 5.74) is 2.79. The van der Waals surface area contributed by atoms with E-state index >= 15 is 0 Å². The molecule has 21 heavy (non-hydrogen) atoms. The van der Waals surface area contributed by atoms with E-state index in [1.807, 2.05) is 49.6 Å². The number of pyridine rings is 1. The smallest absolute Gasteiger partial charge is 0.185 e. The molecule has 0 fully saturated rings. The van der Waals surface area contributed by atoms with Gasteiger partial charge in [0.1, 0.15) is 5.69 Å². The zero-order chi connectivity index (χ0) is 14.7. The number of aromatic nitrogens is 4. The van der Waals surface area contributed by atoms with Crippen molar-refractivity contribution < 1.29 is 4.79 Å². The molecule has 0 aliphatic heterocycles. The van der Waals surface area contributed by atoms with Crippen molar-refractivity contribution in [3.05, 3.63) is 66.2 Å². The first-order valence-corrected chi connectivity index (χ1v) is 6.62. The highest BCUT2D eigenvalue weighted by atomic mass is 16.1. The predicted octanol–water partition coefficient (Wildman–Crippen LogP) is 2.30. The van der Waals surface area contributed by atoms with Gasteiger partial charge >= 0.3 is 0 Å². The van der Waals surface area contributed by atoms with Crippen LogP contribution < -0.4 is 0 Å². The Bertz CT molecular complexity index is 747. The Kier molecular flexibility index (Phi) is 3.55. The van der Waals surface area contributed by atoms with Crippen LogP contribution in [0, 0.1) is 0 Å². The first-order valence-electron chi connectivity index (χ1n) is 6.62. The standard InChI is InChI=1S/C16H14N4O/c1-20-10-4-6-15(20)16(21)11-12-7-8-14(19-18-12)13-5-2-3-9-17-13/h2-10H,11H2,1H3. The third-order valence-electron chi connectivity index (χ3n) is 3.22. The minimum Gasteiger partial charge on any atom is -0.348 e. The maximum atomic E-state index is 12.1. The van der Waals surface area contributed by atoms with E-state index in [1.54, 1.807) is 16.8 Å². The van der Waals surface area contributed by atoms with Crippen molar-refractivity contribution in [1.29, 1.82) is 0 Å². The second-order valence-electron chi connectivity index (χ2n) is 4.73. The van der Waals surface area contributed by atoms with Crippen LogP contribution in [0.4, 0.5) is 0 Å². The van der Waals surface area contributed by atoms with Gasteiger partial charge < -0.3 is 4.57 Å². The third kappa shape index (κ3) is 2.86. The van der Waals surface area contributed by atoms with Crippen LogP contribution in [-0.2, 0) is 13.5 Å². The molecule has 0 aliphatic rings. The van der Waals surface area contributed by atoms with E-state index in [-0.39, 0.29) is 12.2 Å². The van der Waals surface area contributed by atoms with Crippen molar-refractivity contribution in [2.24, 2.45) is 7.05 Å². The zero-order valence-corrected chi connectivity index (χ0v) is 11.6. The number of rotatable bonds is 4. The molecule has 5 heteroatoms. The summed E-state index contributed by atoms with van der Waals surface area (Å²) in [6.45, 7) is 0. The summed E-state index contributed by atoms with van der Waals surface area (Å²) in [6, 6.07) is 12.9. The first kappa shape index (κ1) is 13.2. The quantitative estimate of drug-likeness (QED) is 0.687. The highest BCUT2D eigenvalue weighted by Gasteiger charge is 2.11. The molecule has 0 unspecified atom stereocenters. The largest absolute Gasteiger partial charge is 0.348 e. The van der Waals surface area contributed by atoms with Crippen LogP contribution in [0.3, 0.4) is 0 Å². The minimum absolute atomic E-state index is 0.0300. The fourth-order valence-electron chi connectivity index (χ4n) is 2.11. The molecule has 0 atom stereocenters. The average Bonchev–Trinajstić information content (AvgIpc) is 2.95. The van der Waals surface area contributed by atoms with Crippen molar-refractivity contribution in [3.63, 3.8) is 0 Å². The summed E-state index contributed by atoms with van der Waals surface area (Å²) < 4.78 is 1.80. The number of Topliss-reactive ketones (excluding diaryl/α,β-unsaturated/α-hetero) is 1. The second kappa shape index (κ2) is 5.66. The number of aryl methyl sites for hydroxylation is 1. The van der Waals surface area contributed by atoms with E-state index in [2.05, 4.69) is 15.2 Å². The molecule has 3 rings (SSSR count). The molecular weight excluding hydrogens is 264 g/mol. The monoisotopic (exact) mass is 278 g/mol. The number of hydrogen-bond donors (Lipinski definition) is 0. The second-order valence-corrected chi connectivity index (χ2v) is 4.73. The Morgan fingerprint density at radius 3 is 2.57 bits per heavy atom. The van der Waals surface area contributed by atoms with Crippen molar-refractivity contribution >= 4 is 5.78 Å². The van der Waals surface area contributed by atoms with Gasteiger partial charge in [-0.3, -0.25) is 9.78 Å². The van der Waals surface area contributed by atoms with Gasteiger partial charge in [-0.25, -0.2) is 0 Å². The van der Waals surface area contributed by atoms with Gasteiger partial charge in [0.25, 0.3) is 0 Å². The molecule has 104 valence electrons. The maximum Gasteiger partial charge on any atom is 0.185 e. The molecule has 5 nitrogen and oxygen atoms in total. The van der Waals surface area contributed by atoms with Crippen LogP contribution in [0.25, 0.3) is 11.4 Å². The van der Waals surface area contributed by atoms with Crippen LogP contribution in [0.1, 0.15) is 16.2 Å². The number of carbonyl (C=O) groups excluding carboxylic acids is 1. The highest BCUT2D eigenvalue weighted by molar-refractivity contribution is 5.95. The topological polar surface area (TPSA) is 60.7 Å². The summed E-state index contributed by atoms with van der Waals surface area (Å²) >= 11 is 0. The number of hydrogen-bond acceptors (Lipinski definition) is 4. The number of ketones is 1. The minimum atomic E-state index is 0.0300. The van der Waals surface area contributed by atoms with E-state index in [9.17, 15) is 4.79 Å². The van der Waals surface area contributed by atoms with E-state index in [0.29, 0.717) is 17.1 Å².